The van der Waals surface area contributed by atoms with Gasteiger partial charge in [0.2, 0.25) is 23.6 Å². The van der Waals surface area contributed by atoms with Crippen molar-refractivity contribution in [3.63, 3.8) is 0 Å². The molecule has 71 heavy (non-hydrogen) atoms. The van der Waals surface area contributed by atoms with Gasteiger partial charge in [0.1, 0.15) is 0 Å². The molecule has 2 aromatic heterocycles. The molecule has 0 unspecified atom stereocenters. The van der Waals surface area contributed by atoms with Crippen LogP contribution in [-0.4, -0.2) is 128 Å². The van der Waals surface area contributed by atoms with Gasteiger partial charge >= 0.3 is 6.18 Å². The molecule has 1 aromatic carbocycles. The van der Waals surface area contributed by atoms with Crippen molar-refractivity contribution in [3.05, 3.63) is 93.0 Å². The van der Waals surface area contributed by atoms with Gasteiger partial charge < -0.3 is 44.7 Å². The number of amides is 4. The van der Waals surface area contributed by atoms with Gasteiger partial charge in [0.05, 0.1) is 74.8 Å². The number of hydrogen-bond acceptors (Lipinski definition) is 11. The van der Waals surface area contributed by atoms with Gasteiger partial charge in [-0.1, -0.05) is 28.1 Å². The summed E-state index contributed by atoms with van der Waals surface area (Å²) in [5.41, 5.74) is 2.83. The summed E-state index contributed by atoms with van der Waals surface area (Å²) in [5.74, 6) is -0.963. The average molecular weight is 1060 g/mol. The van der Waals surface area contributed by atoms with Gasteiger partial charge in [-0.15, -0.1) is 0 Å². The fourth-order valence-corrected chi connectivity index (χ4v) is 11.6. The highest BCUT2D eigenvalue weighted by Crippen LogP contribution is 2.46. The zero-order chi connectivity index (χ0) is 50.0. The largest absolute Gasteiger partial charge is 0.417 e. The number of pyridine rings is 2. The molecule has 3 fully saturated rings. The maximum Gasteiger partial charge on any atom is 0.417 e. The van der Waals surface area contributed by atoms with E-state index in [2.05, 4.69) is 60.0 Å². The normalized spacial score (nSPS) is 25.3. The molecule has 0 radical (unpaired) electrons. The third-order valence-corrected chi connectivity index (χ3v) is 15.5. The number of nitrogens with zero attached hydrogens (tertiary/aromatic N) is 4. The number of aryl methyl sites for hydroxylation is 1. The SMILES string of the molecule is CN1C(=O)C[C@H](C(=O)NCCOC2CCC(OCCOCCOCCC(=O)NCC[C@]3(C(=O)N4CCc5ncc(C(F)(F)F)cc5C4)CC[C@@H](N[C@@H]4CCc5cc(Br)ccc54)C3)CC2)[C@H]1c1cccnc1. The predicted molar refractivity (Wildman–Crippen MR) is 259 cm³/mol. The molecule has 19 heteroatoms. The zero-order valence-corrected chi connectivity index (χ0v) is 42.1. The molecule has 2 saturated carbocycles. The first kappa shape index (κ1) is 52.8. The molecule has 4 amide bonds. The highest BCUT2D eigenvalue weighted by molar-refractivity contribution is 9.10. The maximum absolute atomic E-state index is 14.5. The van der Waals surface area contributed by atoms with E-state index in [-0.39, 0.29) is 86.5 Å². The van der Waals surface area contributed by atoms with Crippen molar-refractivity contribution in [1.29, 1.82) is 0 Å². The van der Waals surface area contributed by atoms with E-state index in [0.717, 1.165) is 67.2 Å². The molecule has 3 aliphatic carbocycles. The second-order valence-corrected chi connectivity index (χ2v) is 20.6. The number of hydrogen-bond donors (Lipinski definition) is 3. The van der Waals surface area contributed by atoms with Crippen molar-refractivity contribution in [1.82, 2.24) is 35.7 Å². The quantitative estimate of drug-likeness (QED) is 0.0930. The number of alkyl halides is 3. The first-order valence-corrected chi connectivity index (χ1v) is 26.0. The van der Waals surface area contributed by atoms with Crippen molar-refractivity contribution in [3.8, 4) is 0 Å². The molecule has 1 saturated heterocycles. The van der Waals surface area contributed by atoms with Gasteiger partial charge in [-0.05, 0) is 111 Å². The lowest BCUT2D eigenvalue weighted by molar-refractivity contribution is -0.144. The third-order valence-electron chi connectivity index (χ3n) is 15.0. The number of nitrogens with one attached hydrogen (secondary N) is 3. The Hall–Kier alpha value is -4.53. The molecular formula is C52H67BrF3N7O8. The maximum atomic E-state index is 14.5. The van der Waals surface area contributed by atoms with Gasteiger partial charge in [-0.2, -0.15) is 13.2 Å². The van der Waals surface area contributed by atoms with Crippen LogP contribution in [0.1, 0.15) is 116 Å². The van der Waals surface area contributed by atoms with Crippen LogP contribution < -0.4 is 16.0 Å². The molecule has 8 rings (SSSR count). The molecule has 5 atom stereocenters. The van der Waals surface area contributed by atoms with E-state index < -0.39 is 23.1 Å². The number of ether oxygens (including phenoxy) is 4. The fraction of sp³-hybridized carbons (Fsp3) is 0.615. The predicted octanol–water partition coefficient (Wildman–Crippen LogP) is 6.57. The molecule has 0 spiro atoms. The minimum absolute atomic E-state index is 0.0616. The number of fused-ring (bicyclic) bond motifs is 2. The summed E-state index contributed by atoms with van der Waals surface area (Å²) in [6.07, 6.45) is 8.41. The molecule has 0 bridgehead atoms. The summed E-state index contributed by atoms with van der Waals surface area (Å²) in [4.78, 5) is 64.5. The molecule has 4 heterocycles. The lowest BCUT2D eigenvalue weighted by Crippen LogP contribution is -2.47. The smallest absolute Gasteiger partial charge is 0.379 e. The van der Waals surface area contributed by atoms with Crippen molar-refractivity contribution < 1.29 is 51.3 Å². The highest BCUT2D eigenvalue weighted by atomic mass is 79.9. The van der Waals surface area contributed by atoms with Crippen LogP contribution in [0.5, 0.6) is 0 Å². The van der Waals surface area contributed by atoms with Crippen LogP contribution in [0.3, 0.4) is 0 Å². The second-order valence-electron chi connectivity index (χ2n) is 19.7. The van der Waals surface area contributed by atoms with Crippen molar-refractivity contribution >= 4 is 39.6 Å². The summed E-state index contributed by atoms with van der Waals surface area (Å²) in [6, 6.07) is 11.1. The van der Waals surface area contributed by atoms with Gasteiger partial charge in [-0.25, -0.2) is 0 Å². The van der Waals surface area contributed by atoms with E-state index in [1.165, 1.54) is 11.1 Å². The van der Waals surface area contributed by atoms with Crippen LogP contribution in [0.15, 0.2) is 59.5 Å². The van der Waals surface area contributed by atoms with Gasteiger partial charge in [0.25, 0.3) is 0 Å². The van der Waals surface area contributed by atoms with E-state index in [1.807, 2.05) is 12.1 Å². The first-order valence-electron chi connectivity index (χ1n) is 25.2. The van der Waals surface area contributed by atoms with Crippen molar-refractivity contribution in [2.75, 3.05) is 66.3 Å². The molecule has 2 aliphatic heterocycles. The van der Waals surface area contributed by atoms with E-state index in [9.17, 15) is 32.3 Å². The molecule has 3 N–H and O–H groups in total. The number of carbonyl (C=O) groups excluding carboxylic acids is 4. The third kappa shape index (κ3) is 13.8. The number of benzene rings is 1. The monoisotopic (exact) mass is 1050 g/mol. The Labute approximate surface area is 422 Å². The number of aromatic nitrogens is 2. The van der Waals surface area contributed by atoms with E-state index in [4.69, 9.17) is 18.9 Å². The number of carbonyl (C=O) groups is 4. The number of likely N-dealkylation sites (tertiary alicyclic amines) is 1. The Balaban J connectivity index is 0.688. The van der Waals surface area contributed by atoms with Crippen molar-refractivity contribution in [2.24, 2.45) is 11.3 Å². The Kier molecular flexibility index (Phi) is 18.2. The van der Waals surface area contributed by atoms with Gasteiger partial charge in [-0.3, -0.25) is 29.1 Å². The number of rotatable bonds is 22. The lowest BCUT2D eigenvalue weighted by atomic mass is 9.80. The van der Waals surface area contributed by atoms with Crippen LogP contribution in [-0.2, 0) is 63.7 Å². The summed E-state index contributed by atoms with van der Waals surface area (Å²) in [7, 11) is 1.72. The van der Waals surface area contributed by atoms with E-state index in [0.29, 0.717) is 83.1 Å². The highest BCUT2D eigenvalue weighted by Gasteiger charge is 2.48. The Morgan fingerprint density at radius 3 is 2.39 bits per heavy atom. The zero-order valence-electron chi connectivity index (χ0n) is 40.5. The van der Waals surface area contributed by atoms with Crippen LogP contribution in [0, 0.1) is 11.3 Å². The summed E-state index contributed by atoms with van der Waals surface area (Å²) in [6.45, 7) is 3.27. The van der Waals surface area contributed by atoms with Crippen LogP contribution in [0.25, 0.3) is 0 Å². The summed E-state index contributed by atoms with van der Waals surface area (Å²) >= 11 is 3.58. The minimum atomic E-state index is -4.53. The Morgan fingerprint density at radius 1 is 0.873 bits per heavy atom. The first-order chi connectivity index (χ1) is 34.3. The molecule has 5 aliphatic rings. The summed E-state index contributed by atoms with van der Waals surface area (Å²) in [5, 5.41) is 9.79. The summed E-state index contributed by atoms with van der Waals surface area (Å²) < 4.78 is 65.3. The van der Waals surface area contributed by atoms with E-state index in [1.54, 1.807) is 29.2 Å². The molecule has 386 valence electrons. The Bertz CT molecular complexity index is 2310. The van der Waals surface area contributed by atoms with Gasteiger partial charge in [0, 0.05) is 93.3 Å². The molecular weight excluding hydrogens is 988 g/mol. The average Bonchev–Trinajstić information content (AvgIpc) is 4.06. The van der Waals surface area contributed by atoms with E-state index >= 15 is 0 Å². The van der Waals surface area contributed by atoms with Crippen LogP contribution in [0.2, 0.25) is 0 Å². The topological polar surface area (TPSA) is 174 Å². The standard InChI is InChI=1S/C52H67BrF3N7O8/c1-62-47(65)29-43(48(62)35-3-2-17-57-31-35)49(66)59-19-22-70-40-6-8-41(9-7-40)71-26-25-69-24-23-68-21-14-46(64)58-18-16-51(15-12-39(30-51)61-45-11-4-34-28-38(53)5-10-42(34)45)50(67)63-20-13-44-36(33-63)27-37(32-60-44)52(54,55)56/h2-3,5,10,17,27-28,31-32,39-41,43,45,48,61H,4,6-9,11-16,18-26,29-30,33H2,1H3,(H,58,64)(H,59,66)/t39-,40?,41?,43+,45-,48-,51-/m1/s1. The lowest BCUT2D eigenvalue weighted by Gasteiger charge is -2.37. The van der Waals surface area contributed by atoms with Crippen LogP contribution >= 0.6 is 15.9 Å². The Morgan fingerprint density at radius 2 is 1.63 bits per heavy atom. The second kappa shape index (κ2) is 24.5. The number of halogens is 4. The van der Waals surface area contributed by atoms with Crippen LogP contribution in [0.4, 0.5) is 13.2 Å². The molecule has 3 aromatic rings. The molecule has 15 nitrogen and oxygen atoms in total. The minimum Gasteiger partial charge on any atom is -0.379 e. The fourth-order valence-electron chi connectivity index (χ4n) is 11.2. The van der Waals surface area contributed by atoms with Crippen molar-refractivity contribution in [2.45, 2.75) is 127 Å². The van der Waals surface area contributed by atoms with Gasteiger partial charge in [0.15, 0.2) is 0 Å².